The first-order valence-corrected chi connectivity index (χ1v) is 7.86. The van der Waals surface area contributed by atoms with Crippen molar-refractivity contribution < 1.29 is 4.92 Å². The number of anilines is 2. The quantitative estimate of drug-likeness (QED) is 0.316. The molecule has 0 radical (unpaired) electrons. The van der Waals surface area contributed by atoms with Crippen molar-refractivity contribution in [3.05, 3.63) is 75.9 Å². The standard InChI is InChI=1S/C18H11ClN4O2/c19-11-9-16(23(24)25)18(20-10-11)22-17-12-5-1-3-7-14(12)21-15-8-4-2-6-13(15)17/h1-10H,(H,20,21,22). The molecular formula is C18H11ClN4O2. The minimum absolute atomic E-state index is 0.135. The highest BCUT2D eigenvalue weighted by atomic mass is 35.5. The Kier molecular flexibility index (Phi) is 3.66. The van der Waals surface area contributed by atoms with E-state index in [0.717, 1.165) is 27.5 Å². The van der Waals surface area contributed by atoms with Crippen LogP contribution in [0.2, 0.25) is 5.02 Å². The Morgan fingerprint density at radius 2 is 1.60 bits per heavy atom. The number of fused-ring (bicyclic) bond motifs is 2. The Morgan fingerprint density at radius 3 is 2.20 bits per heavy atom. The molecule has 0 aliphatic heterocycles. The first kappa shape index (κ1) is 15.3. The molecule has 25 heavy (non-hydrogen) atoms. The molecule has 7 heteroatoms. The van der Waals surface area contributed by atoms with E-state index in [0.29, 0.717) is 0 Å². The molecule has 0 atom stereocenters. The number of hydrogen-bond acceptors (Lipinski definition) is 5. The van der Waals surface area contributed by atoms with Gasteiger partial charge in [0.15, 0.2) is 0 Å². The van der Waals surface area contributed by atoms with Crippen LogP contribution in [0, 0.1) is 10.1 Å². The normalized spacial score (nSPS) is 10.9. The molecule has 4 aromatic rings. The number of benzene rings is 2. The maximum Gasteiger partial charge on any atom is 0.313 e. The van der Waals surface area contributed by atoms with Gasteiger partial charge in [-0.3, -0.25) is 10.1 Å². The van der Waals surface area contributed by atoms with Gasteiger partial charge in [0.2, 0.25) is 5.82 Å². The third kappa shape index (κ3) is 2.72. The lowest BCUT2D eigenvalue weighted by Gasteiger charge is -2.12. The zero-order valence-electron chi connectivity index (χ0n) is 12.8. The first-order valence-electron chi connectivity index (χ1n) is 7.48. The van der Waals surface area contributed by atoms with E-state index in [9.17, 15) is 10.1 Å². The van der Waals surface area contributed by atoms with Gasteiger partial charge in [-0.05, 0) is 12.1 Å². The number of aromatic nitrogens is 2. The van der Waals surface area contributed by atoms with Gasteiger partial charge in [0, 0.05) is 23.0 Å². The van der Waals surface area contributed by atoms with E-state index in [4.69, 9.17) is 11.6 Å². The monoisotopic (exact) mass is 350 g/mol. The number of rotatable bonds is 3. The van der Waals surface area contributed by atoms with E-state index in [1.54, 1.807) is 0 Å². The average Bonchev–Trinajstić information content (AvgIpc) is 2.62. The van der Waals surface area contributed by atoms with Crippen molar-refractivity contribution in [3.63, 3.8) is 0 Å². The van der Waals surface area contributed by atoms with Crippen LogP contribution in [-0.2, 0) is 0 Å². The van der Waals surface area contributed by atoms with Crippen molar-refractivity contribution in [3.8, 4) is 0 Å². The predicted molar refractivity (Wildman–Crippen MR) is 98.4 cm³/mol. The van der Waals surface area contributed by atoms with Crippen LogP contribution in [0.3, 0.4) is 0 Å². The van der Waals surface area contributed by atoms with Crippen molar-refractivity contribution in [2.45, 2.75) is 0 Å². The summed E-state index contributed by atoms with van der Waals surface area (Å²) in [6, 6.07) is 16.5. The maximum absolute atomic E-state index is 11.3. The molecule has 0 saturated heterocycles. The summed E-state index contributed by atoms with van der Waals surface area (Å²) in [5.74, 6) is 0.135. The van der Waals surface area contributed by atoms with E-state index >= 15 is 0 Å². The molecule has 0 aliphatic carbocycles. The fourth-order valence-corrected chi connectivity index (χ4v) is 2.91. The third-order valence-corrected chi connectivity index (χ3v) is 4.07. The number of nitro groups is 1. The van der Waals surface area contributed by atoms with E-state index < -0.39 is 4.92 Å². The summed E-state index contributed by atoms with van der Waals surface area (Å²) < 4.78 is 0. The summed E-state index contributed by atoms with van der Waals surface area (Å²) in [7, 11) is 0. The van der Waals surface area contributed by atoms with E-state index in [2.05, 4.69) is 15.3 Å². The summed E-state index contributed by atoms with van der Waals surface area (Å²) in [6.45, 7) is 0. The molecule has 6 nitrogen and oxygen atoms in total. The van der Waals surface area contributed by atoms with E-state index in [1.165, 1.54) is 12.3 Å². The number of halogens is 1. The smallest absolute Gasteiger partial charge is 0.313 e. The van der Waals surface area contributed by atoms with Gasteiger partial charge < -0.3 is 5.32 Å². The highest BCUT2D eigenvalue weighted by molar-refractivity contribution is 6.30. The van der Waals surface area contributed by atoms with Gasteiger partial charge in [0.05, 0.1) is 26.7 Å². The van der Waals surface area contributed by atoms with Gasteiger partial charge in [-0.1, -0.05) is 48.0 Å². The molecule has 0 unspecified atom stereocenters. The molecular weight excluding hydrogens is 340 g/mol. The van der Waals surface area contributed by atoms with Crippen LogP contribution < -0.4 is 5.32 Å². The molecule has 0 aliphatic rings. The number of nitrogens with one attached hydrogen (secondary N) is 1. The van der Waals surface area contributed by atoms with Crippen LogP contribution in [0.1, 0.15) is 0 Å². The van der Waals surface area contributed by atoms with E-state index in [-0.39, 0.29) is 16.5 Å². The van der Waals surface area contributed by atoms with Gasteiger partial charge in [-0.25, -0.2) is 9.97 Å². The second-order valence-electron chi connectivity index (χ2n) is 5.42. The summed E-state index contributed by atoms with van der Waals surface area (Å²) in [4.78, 5) is 19.6. The van der Waals surface area contributed by atoms with Crippen LogP contribution >= 0.6 is 11.6 Å². The Bertz CT molecular complexity index is 1080. The Morgan fingerprint density at radius 1 is 1.00 bits per heavy atom. The van der Waals surface area contributed by atoms with Crippen LogP contribution in [0.25, 0.3) is 21.8 Å². The molecule has 122 valence electrons. The van der Waals surface area contributed by atoms with Crippen molar-refractivity contribution in [1.82, 2.24) is 9.97 Å². The molecule has 0 bridgehead atoms. The minimum atomic E-state index is -0.507. The van der Waals surface area contributed by atoms with Crippen LogP contribution in [0.5, 0.6) is 0 Å². The maximum atomic E-state index is 11.3. The number of pyridine rings is 2. The molecule has 2 aromatic carbocycles. The second-order valence-corrected chi connectivity index (χ2v) is 5.86. The van der Waals surface area contributed by atoms with Crippen LogP contribution in [0.15, 0.2) is 60.8 Å². The zero-order chi connectivity index (χ0) is 17.4. The highest BCUT2D eigenvalue weighted by Gasteiger charge is 2.18. The largest absolute Gasteiger partial charge is 0.333 e. The molecule has 2 heterocycles. The van der Waals surface area contributed by atoms with Crippen LogP contribution in [0.4, 0.5) is 17.2 Å². The Hall–Kier alpha value is -3.25. The predicted octanol–water partition coefficient (Wildman–Crippen LogP) is 5.09. The zero-order valence-corrected chi connectivity index (χ0v) is 13.6. The fourth-order valence-electron chi connectivity index (χ4n) is 2.76. The molecule has 0 spiro atoms. The summed E-state index contributed by atoms with van der Waals surface area (Å²) >= 11 is 5.85. The summed E-state index contributed by atoms with van der Waals surface area (Å²) in [5, 5.41) is 16.4. The summed E-state index contributed by atoms with van der Waals surface area (Å²) in [6.07, 6.45) is 1.38. The average molecular weight is 351 g/mol. The molecule has 0 fully saturated rings. The SMILES string of the molecule is O=[N+]([O-])c1cc(Cl)cnc1Nc1c2ccccc2nc2ccccc12. The van der Waals surface area contributed by atoms with Gasteiger partial charge in [-0.15, -0.1) is 0 Å². The topological polar surface area (TPSA) is 81.0 Å². The Labute approximate surface area is 147 Å². The third-order valence-electron chi connectivity index (χ3n) is 3.86. The lowest BCUT2D eigenvalue weighted by atomic mass is 10.1. The number of nitrogens with zero attached hydrogens (tertiary/aromatic N) is 3. The lowest BCUT2D eigenvalue weighted by Crippen LogP contribution is -2.01. The van der Waals surface area contributed by atoms with Crippen molar-refractivity contribution >= 4 is 50.6 Å². The van der Waals surface area contributed by atoms with Crippen LogP contribution in [-0.4, -0.2) is 14.9 Å². The fraction of sp³-hybridized carbons (Fsp3) is 0. The van der Waals surface area contributed by atoms with Gasteiger partial charge in [0.1, 0.15) is 0 Å². The van der Waals surface area contributed by atoms with E-state index in [1.807, 2.05) is 48.5 Å². The van der Waals surface area contributed by atoms with Gasteiger partial charge in [-0.2, -0.15) is 0 Å². The van der Waals surface area contributed by atoms with Crippen molar-refractivity contribution in [2.24, 2.45) is 0 Å². The summed E-state index contributed by atoms with van der Waals surface area (Å²) in [5.41, 5.74) is 2.12. The Balaban J connectivity index is 1.99. The molecule has 4 rings (SSSR count). The van der Waals surface area contributed by atoms with Crippen molar-refractivity contribution in [2.75, 3.05) is 5.32 Å². The number of hydrogen-bond donors (Lipinski definition) is 1. The lowest BCUT2D eigenvalue weighted by molar-refractivity contribution is -0.384. The van der Waals surface area contributed by atoms with Gasteiger partial charge in [0.25, 0.3) is 0 Å². The van der Waals surface area contributed by atoms with Crippen molar-refractivity contribution in [1.29, 1.82) is 0 Å². The molecule has 1 N–H and O–H groups in total. The number of para-hydroxylation sites is 2. The minimum Gasteiger partial charge on any atom is -0.333 e. The second kappa shape index (κ2) is 5.99. The van der Waals surface area contributed by atoms with Gasteiger partial charge >= 0.3 is 5.69 Å². The molecule has 0 amide bonds. The highest BCUT2D eigenvalue weighted by Crippen LogP contribution is 2.35. The molecule has 0 saturated carbocycles. The first-order chi connectivity index (χ1) is 12.1. The molecule has 2 aromatic heterocycles.